The molecule has 2 heterocycles. The standard InChI is InChI=1S/C19H23N3O2S/c1-4-16-13(3)21-19-22(18(16)24)10-15(11-25-19)17(23)20-9-14-7-5-12(2)6-8-14/h5-8,15H,4,9-11H2,1-3H3,(H,20,23). The number of carbonyl (C=O) groups excluding carboxylic acids is 1. The molecule has 0 saturated carbocycles. The van der Waals surface area contributed by atoms with Crippen molar-refractivity contribution < 1.29 is 4.79 Å². The lowest BCUT2D eigenvalue weighted by Gasteiger charge is -2.25. The molecule has 1 unspecified atom stereocenters. The highest BCUT2D eigenvalue weighted by molar-refractivity contribution is 7.99. The second-order valence-corrected chi connectivity index (χ2v) is 7.43. The molecule has 5 nitrogen and oxygen atoms in total. The minimum atomic E-state index is -0.213. The van der Waals surface area contributed by atoms with Crippen molar-refractivity contribution in [1.29, 1.82) is 0 Å². The van der Waals surface area contributed by atoms with Gasteiger partial charge >= 0.3 is 0 Å². The number of thioether (sulfide) groups is 1. The molecular weight excluding hydrogens is 334 g/mol. The van der Waals surface area contributed by atoms with Gasteiger partial charge in [-0.1, -0.05) is 48.5 Å². The van der Waals surface area contributed by atoms with Crippen LogP contribution < -0.4 is 10.9 Å². The zero-order valence-electron chi connectivity index (χ0n) is 14.8. The van der Waals surface area contributed by atoms with Crippen LogP contribution in [0.5, 0.6) is 0 Å². The third kappa shape index (κ3) is 3.79. The first-order valence-electron chi connectivity index (χ1n) is 8.56. The highest BCUT2D eigenvalue weighted by atomic mass is 32.2. The van der Waals surface area contributed by atoms with E-state index in [1.807, 2.05) is 45.0 Å². The summed E-state index contributed by atoms with van der Waals surface area (Å²) in [5.41, 5.74) is 3.81. The lowest BCUT2D eigenvalue weighted by atomic mass is 10.1. The first-order chi connectivity index (χ1) is 12.0. The largest absolute Gasteiger partial charge is 0.352 e. The number of fused-ring (bicyclic) bond motifs is 1. The smallest absolute Gasteiger partial charge is 0.257 e. The predicted molar refractivity (Wildman–Crippen MR) is 99.9 cm³/mol. The third-order valence-corrected chi connectivity index (χ3v) is 5.70. The van der Waals surface area contributed by atoms with Crippen LogP contribution in [0, 0.1) is 19.8 Å². The van der Waals surface area contributed by atoms with Crippen molar-refractivity contribution >= 4 is 17.7 Å². The molecule has 2 aromatic rings. The molecule has 132 valence electrons. The number of nitrogens with zero attached hydrogens (tertiary/aromatic N) is 2. The van der Waals surface area contributed by atoms with E-state index in [4.69, 9.17) is 0 Å². The summed E-state index contributed by atoms with van der Waals surface area (Å²) in [6.45, 7) is 6.79. The Hall–Kier alpha value is -2.08. The molecule has 1 aromatic heterocycles. The number of carbonyl (C=O) groups is 1. The second kappa shape index (κ2) is 7.44. The molecule has 1 amide bonds. The normalized spacial score (nSPS) is 16.4. The van der Waals surface area contributed by atoms with Gasteiger partial charge in [0.2, 0.25) is 5.91 Å². The maximum atomic E-state index is 12.6. The number of hydrogen-bond acceptors (Lipinski definition) is 4. The Bertz CT molecular complexity index is 843. The summed E-state index contributed by atoms with van der Waals surface area (Å²) in [5.74, 6) is 0.427. The van der Waals surface area contributed by atoms with E-state index in [0.717, 1.165) is 22.0 Å². The zero-order chi connectivity index (χ0) is 18.0. The maximum absolute atomic E-state index is 12.6. The SMILES string of the molecule is CCc1c(C)nc2n(c1=O)CC(C(=O)NCc1ccc(C)cc1)CS2. The van der Waals surface area contributed by atoms with Gasteiger partial charge in [-0.25, -0.2) is 4.98 Å². The second-order valence-electron chi connectivity index (χ2n) is 6.44. The quantitative estimate of drug-likeness (QED) is 0.854. The number of amides is 1. The molecule has 1 aliphatic rings. The Morgan fingerprint density at radius 1 is 1.32 bits per heavy atom. The topological polar surface area (TPSA) is 64.0 Å². The van der Waals surface area contributed by atoms with Gasteiger partial charge in [0.1, 0.15) is 0 Å². The Kier molecular flexibility index (Phi) is 5.27. The van der Waals surface area contributed by atoms with Crippen LogP contribution in [0.4, 0.5) is 0 Å². The fourth-order valence-electron chi connectivity index (χ4n) is 3.00. The first kappa shape index (κ1) is 17.7. The summed E-state index contributed by atoms with van der Waals surface area (Å²) in [6, 6.07) is 8.11. The van der Waals surface area contributed by atoms with Gasteiger partial charge < -0.3 is 5.32 Å². The molecule has 6 heteroatoms. The number of rotatable bonds is 4. The van der Waals surface area contributed by atoms with Crippen molar-refractivity contribution in [2.75, 3.05) is 5.75 Å². The molecule has 1 atom stereocenters. The average molecular weight is 357 g/mol. The van der Waals surface area contributed by atoms with Crippen LogP contribution >= 0.6 is 11.8 Å². The summed E-state index contributed by atoms with van der Waals surface area (Å²) in [6.07, 6.45) is 0.660. The summed E-state index contributed by atoms with van der Waals surface area (Å²) in [5, 5.41) is 3.71. The van der Waals surface area contributed by atoms with Crippen molar-refractivity contribution in [2.24, 2.45) is 5.92 Å². The van der Waals surface area contributed by atoms with Gasteiger partial charge in [0.05, 0.1) is 5.92 Å². The molecule has 1 aromatic carbocycles. The number of aryl methyl sites for hydroxylation is 2. The minimum Gasteiger partial charge on any atom is -0.352 e. The van der Waals surface area contributed by atoms with Gasteiger partial charge in [-0.15, -0.1) is 0 Å². The van der Waals surface area contributed by atoms with Crippen LogP contribution in [0.15, 0.2) is 34.2 Å². The van der Waals surface area contributed by atoms with Crippen molar-refractivity contribution in [2.45, 2.75) is 45.4 Å². The Morgan fingerprint density at radius 3 is 2.72 bits per heavy atom. The van der Waals surface area contributed by atoms with Gasteiger partial charge in [-0.05, 0) is 25.8 Å². The van der Waals surface area contributed by atoms with Crippen LogP contribution in [-0.4, -0.2) is 21.2 Å². The van der Waals surface area contributed by atoms with E-state index in [1.54, 1.807) is 4.57 Å². The minimum absolute atomic E-state index is 0.00599. The van der Waals surface area contributed by atoms with Gasteiger partial charge in [-0.3, -0.25) is 14.2 Å². The molecule has 0 saturated heterocycles. The highest BCUT2D eigenvalue weighted by Crippen LogP contribution is 2.26. The Balaban J connectivity index is 1.70. The molecule has 1 aliphatic heterocycles. The van der Waals surface area contributed by atoms with Crippen LogP contribution in [0.3, 0.4) is 0 Å². The van der Waals surface area contributed by atoms with E-state index in [9.17, 15) is 9.59 Å². The monoisotopic (exact) mass is 357 g/mol. The number of hydrogen-bond donors (Lipinski definition) is 1. The Labute approximate surface area is 151 Å². The molecule has 3 rings (SSSR count). The van der Waals surface area contributed by atoms with E-state index in [0.29, 0.717) is 25.3 Å². The number of aromatic nitrogens is 2. The van der Waals surface area contributed by atoms with E-state index in [1.165, 1.54) is 17.3 Å². The number of nitrogens with one attached hydrogen (secondary N) is 1. The van der Waals surface area contributed by atoms with Crippen molar-refractivity contribution in [3.05, 3.63) is 57.0 Å². The lowest BCUT2D eigenvalue weighted by Crippen LogP contribution is -2.40. The highest BCUT2D eigenvalue weighted by Gasteiger charge is 2.27. The van der Waals surface area contributed by atoms with E-state index < -0.39 is 0 Å². The molecule has 0 fully saturated rings. The van der Waals surface area contributed by atoms with Gasteiger partial charge in [-0.2, -0.15) is 0 Å². The predicted octanol–water partition coefficient (Wildman–Crippen LogP) is 2.46. The molecule has 0 spiro atoms. The zero-order valence-corrected chi connectivity index (χ0v) is 15.7. The van der Waals surface area contributed by atoms with Crippen LogP contribution in [0.2, 0.25) is 0 Å². The molecule has 1 N–H and O–H groups in total. The van der Waals surface area contributed by atoms with E-state index in [-0.39, 0.29) is 17.4 Å². The summed E-state index contributed by atoms with van der Waals surface area (Å²) < 4.78 is 1.66. The summed E-state index contributed by atoms with van der Waals surface area (Å²) >= 11 is 1.49. The van der Waals surface area contributed by atoms with Crippen molar-refractivity contribution in [3.63, 3.8) is 0 Å². The van der Waals surface area contributed by atoms with Crippen LogP contribution in [-0.2, 0) is 24.3 Å². The lowest BCUT2D eigenvalue weighted by molar-refractivity contribution is -0.125. The first-order valence-corrected chi connectivity index (χ1v) is 9.54. The fourth-order valence-corrected chi connectivity index (χ4v) is 4.12. The average Bonchev–Trinajstić information content (AvgIpc) is 2.61. The Morgan fingerprint density at radius 2 is 2.04 bits per heavy atom. The maximum Gasteiger partial charge on any atom is 0.257 e. The fraction of sp³-hybridized carbons (Fsp3) is 0.421. The summed E-state index contributed by atoms with van der Waals surface area (Å²) in [7, 11) is 0. The number of benzene rings is 1. The molecule has 0 aliphatic carbocycles. The molecule has 0 bridgehead atoms. The molecule has 25 heavy (non-hydrogen) atoms. The molecular formula is C19H23N3O2S. The van der Waals surface area contributed by atoms with Crippen molar-refractivity contribution in [1.82, 2.24) is 14.9 Å². The van der Waals surface area contributed by atoms with Gasteiger partial charge in [0.25, 0.3) is 5.56 Å². The molecule has 0 radical (unpaired) electrons. The van der Waals surface area contributed by atoms with Crippen LogP contribution in [0.25, 0.3) is 0 Å². The third-order valence-electron chi connectivity index (χ3n) is 4.56. The van der Waals surface area contributed by atoms with E-state index >= 15 is 0 Å². The van der Waals surface area contributed by atoms with Crippen LogP contribution in [0.1, 0.15) is 29.3 Å². The van der Waals surface area contributed by atoms with Gasteiger partial charge in [0, 0.05) is 30.1 Å². The summed E-state index contributed by atoms with van der Waals surface area (Å²) in [4.78, 5) is 29.7. The van der Waals surface area contributed by atoms with E-state index in [2.05, 4.69) is 10.3 Å². The van der Waals surface area contributed by atoms with Crippen molar-refractivity contribution in [3.8, 4) is 0 Å². The van der Waals surface area contributed by atoms with Gasteiger partial charge in [0.15, 0.2) is 5.16 Å².